The molecule has 1 N–H and O–H groups in total. The van der Waals surface area contributed by atoms with E-state index < -0.39 is 24.3 Å². The summed E-state index contributed by atoms with van der Waals surface area (Å²) in [5.41, 5.74) is 4.52. The smallest absolute Gasteiger partial charge is 0.134 e. The Labute approximate surface area is 172 Å². The van der Waals surface area contributed by atoms with Crippen molar-refractivity contribution in [2.45, 2.75) is 43.6 Å². The first-order chi connectivity index (χ1) is 14.5. The number of fused-ring (bicyclic) bond motifs is 2. The van der Waals surface area contributed by atoms with E-state index in [0.29, 0.717) is 29.7 Å². The molecule has 0 unspecified atom stereocenters. The van der Waals surface area contributed by atoms with E-state index in [1.54, 1.807) is 6.21 Å². The number of aliphatic imine (C=N–C) groups is 1. The van der Waals surface area contributed by atoms with Gasteiger partial charge in [0.05, 0.1) is 18.2 Å². The molecule has 30 heavy (non-hydrogen) atoms. The average Bonchev–Trinajstić information content (AvgIpc) is 3.37. The van der Waals surface area contributed by atoms with E-state index in [9.17, 15) is 23.5 Å². The Morgan fingerprint density at radius 3 is 2.67 bits per heavy atom. The summed E-state index contributed by atoms with van der Waals surface area (Å²) >= 11 is 0. The fraction of sp³-hybridized carbons (Fsp3) is 0.333. The third kappa shape index (κ3) is 2.80. The van der Waals surface area contributed by atoms with E-state index in [1.165, 1.54) is 0 Å². The van der Waals surface area contributed by atoms with E-state index in [-0.39, 0.29) is 29.9 Å². The van der Waals surface area contributed by atoms with Crippen LogP contribution in [-0.4, -0.2) is 24.0 Å². The summed E-state index contributed by atoms with van der Waals surface area (Å²) in [5.74, 6) is -0.988. The third-order valence-electron chi connectivity index (χ3n) is 6.49. The standard InChI is InChI=1S/C24H19F3N2O/c25-14-7-13(10-28)22-17(3-4-20(26)19(22)8-14)16-2-1-15(12-5-6-29-11-12)23-18(16)9-21(27)24(23)30/h1-2,5-8,17,20-21,24,30H,3-4,9,11H2/t17-,20+,21-,24-/m1/s1. The van der Waals surface area contributed by atoms with Crippen LogP contribution < -0.4 is 0 Å². The quantitative estimate of drug-likeness (QED) is 0.758. The molecule has 0 fully saturated rings. The molecule has 0 spiro atoms. The van der Waals surface area contributed by atoms with Crippen LogP contribution in [0.25, 0.3) is 5.57 Å². The maximum Gasteiger partial charge on any atom is 0.134 e. The summed E-state index contributed by atoms with van der Waals surface area (Å²) in [6, 6.07) is 8.03. The van der Waals surface area contributed by atoms with Gasteiger partial charge in [-0.25, -0.2) is 13.2 Å². The van der Waals surface area contributed by atoms with E-state index in [4.69, 9.17) is 0 Å². The van der Waals surface area contributed by atoms with Crippen molar-refractivity contribution in [2.24, 2.45) is 4.99 Å². The second-order valence-corrected chi connectivity index (χ2v) is 8.11. The van der Waals surface area contributed by atoms with Gasteiger partial charge in [-0.05, 0) is 70.0 Å². The largest absolute Gasteiger partial charge is 0.385 e. The molecule has 5 rings (SSSR count). The minimum absolute atomic E-state index is 0.0573. The van der Waals surface area contributed by atoms with Crippen LogP contribution in [0.3, 0.4) is 0 Å². The van der Waals surface area contributed by atoms with Crippen LogP contribution in [-0.2, 0) is 6.42 Å². The number of halogens is 3. The predicted molar refractivity (Wildman–Crippen MR) is 107 cm³/mol. The van der Waals surface area contributed by atoms with Crippen molar-refractivity contribution in [1.82, 2.24) is 0 Å². The van der Waals surface area contributed by atoms with Crippen molar-refractivity contribution in [3.8, 4) is 6.07 Å². The monoisotopic (exact) mass is 408 g/mol. The minimum Gasteiger partial charge on any atom is -0.385 e. The summed E-state index contributed by atoms with van der Waals surface area (Å²) in [7, 11) is 0. The van der Waals surface area contributed by atoms with Gasteiger partial charge in [-0.1, -0.05) is 12.1 Å². The zero-order valence-corrected chi connectivity index (χ0v) is 16.1. The first kappa shape index (κ1) is 19.1. The molecule has 3 nitrogen and oxygen atoms in total. The molecule has 3 aliphatic rings. The Bertz CT molecular complexity index is 1150. The number of nitrogens with zero attached hydrogens (tertiary/aromatic N) is 2. The fourth-order valence-electron chi connectivity index (χ4n) is 5.17. The van der Waals surface area contributed by atoms with Gasteiger partial charge in [0.15, 0.2) is 0 Å². The van der Waals surface area contributed by atoms with Crippen LogP contribution in [0.4, 0.5) is 13.2 Å². The highest BCUT2D eigenvalue weighted by atomic mass is 19.1. The summed E-state index contributed by atoms with van der Waals surface area (Å²) in [4.78, 5) is 4.19. The van der Waals surface area contributed by atoms with Gasteiger partial charge < -0.3 is 5.11 Å². The molecule has 2 aromatic rings. The van der Waals surface area contributed by atoms with Gasteiger partial charge in [0.1, 0.15) is 24.3 Å². The fourth-order valence-corrected chi connectivity index (χ4v) is 5.17. The number of alkyl halides is 2. The van der Waals surface area contributed by atoms with Crippen molar-refractivity contribution in [1.29, 1.82) is 5.26 Å². The van der Waals surface area contributed by atoms with E-state index in [2.05, 4.69) is 4.99 Å². The summed E-state index contributed by atoms with van der Waals surface area (Å²) < 4.78 is 43.2. The number of aliphatic hydroxyl groups is 1. The van der Waals surface area contributed by atoms with Gasteiger partial charge in [0.25, 0.3) is 0 Å². The lowest BCUT2D eigenvalue weighted by molar-refractivity contribution is 0.0924. The van der Waals surface area contributed by atoms with Crippen LogP contribution in [0, 0.1) is 17.1 Å². The van der Waals surface area contributed by atoms with Gasteiger partial charge in [-0.2, -0.15) is 5.26 Å². The third-order valence-corrected chi connectivity index (χ3v) is 6.49. The van der Waals surface area contributed by atoms with E-state index in [1.807, 2.05) is 24.3 Å². The highest BCUT2D eigenvalue weighted by molar-refractivity contribution is 5.91. The SMILES string of the molecule is N#Cc1cc(F)cc2c1[C@@H](c1ccc(C3=CC=NC3)c3c1C[C@@H](F)[C@H]3O)CC[C@@H]2F. The van der Waals surface area contributed by atoms with Crippen molar-refractivity contribution in [2.75, 3.05) is 6.54 Å². The highest BCUT2D eigenvalue weighted by Crippen LogP contribution is 2.49. The normalized spacial score (nSPS) is 26.8. The Hall–Kier alpha value is -2.91. The Morgan fingerprint density at radius 1 is 1.10 bits per heavy atom. The Morgan fingerprint density at radius 2 is 1.93 bits per heavy atom. The van der Waals surface area contributed by atoms with Gasteiger partial charge in [0, 0.05) is 18.6 Å². The number of hydrogen-bond donors (Lipinski definition) is 1. The molecule has 4 atom stereocenters. The minimum atomic E-state index is -1.43. The zero-order chi connectivity index (χ0) is 21.0. The second-order valence-electron chi connectivity index (χ2n) is 8.11. The summed E-state index contributed by atoms with van der Waals surface area (Å²) in [6.07, 6.45) is 0.223. The molecule has 6 heteroatoms. The topological polar surface area (TPSA) is 56.4 Å². The van der Waals surface area contributed by atoms with Crippen LogP contribution in [0.1, 0.15) is 70.0 Å². The molecule has 0 radical (unpaired) electrons. The molecule has 0 amide bonds. The van der Waals surface area contributed by atoms with Crippen molar-refractivity contribution < 1.29 is 18.3 Å². The molecule has 0 aromatic heterocycles. The molecule has 1 heterocycles. The van der Waals surface area contributed by atoms with Crippen molar-refractivity contribution in [3.63, 3.8) is 0 Å². The average molecular weight is 408 g/mol. The van der Waals surface area contributed by atoms with Gasteiger partial charge >= 0.3 is 0 Å². The first-order valence-corrected chi connectivity index (χ1v) is 10.0. The van der Waals surface area contributed by atoms with Crippen LogP contribution in [0.5, 0.6) is 0 Å². The number of nitriles is 1. The number of rotatable bonds is 2. The van der Waals surface area contributed by atoms with E-state index in [0.717, 1.165) is 28.8 Å². The molecule has 0 saturated heterocycles. The summed E-state index contributed by atoms with van der Waals surface area (Å²) in [6.45, 7) is 0.475. The summed E-state index contributed by atoms with van der Waals surface area (Å²) in [5, 5.41) is 20.2. The maximum atomic E-state index is 14.6. The van der Waals surface area contributed by atoms with Crippen LogP contribution >= 0.6 is 0 Å². The van der Waals surface area contributed by atoms with Crippen molar-refractivity contribution in [3.05, 3.63) is 75.1 Å². The molecule has 1 aliphatic heterocycles. The van der Waals surface area contributed by atoms with E-state index >= 15 is 0 Å². The highest BCUT2D eigenvalue weighted by Gasteiger charge is 2.39. The maximum absolute atomic E-state index is 14.6. The predicted octanol–water partition coefficient (Wildman–Crippen LogP) is 5.03. The number of benzene rings is 2. The molecule has 152 valence electrons. The zero-order valence-electron chi connectivity index (χ0n) is 16.1. The molecule has 2 aliphatic carbocycles. The first-order valence-electron chi connectivity index (χ1n) is 10.0. The Balaban J connectivity index is 1.71. The van der Waals surface area contributed by atoms with Gasteiger partial charge in [-0.15, -0.1) is 0 Å². The number of aliphatic hydroxyl groups excluding tert-OH is 1. The van der Waals surface area contributed by atoms with Gasteiger partial charge in [0.2, 0.25) is 0 Å². The lowest BCUT2D eigenvalue weighted by atomic mass is 9.74. The molecular formula is C24H19F3N2O. The molecule has 0 saturated carbocycles. The molecular weight excluding hydrogens is 389 g/mol. The Kier molecular flexibility index (Phi) is 4.52. The molecule has 2 aromatic carbocycles. The van der Waals surface area contributed by atoms with Crippen molar-refractivity contribution >= 4 is 11.8 Å². The number of allylic oxidation sites excluding steroid dienone is 1. The van der Waals surface area contributed by atoms with Crippen LogP contribution in [0.15, 0.2) is 35.3 Å². The lowest BCUT2D eigenvalue weighted by Crippen LogP contribution is -2.17. The lowest BCUT2D eigenvalue weighted by Gasteiger charge is -2.31. The van der Waals surface area contributed by atoms with Gasteiger partial charge in [-0.3, -0.25) is 4.99 Å². The molecule has 0 bridgehead atoms. The van der Waals surface area contributed by atoms with Crippen LogP contribution in [0.2, 0.25) is 0 Å². The second kappa shape index (κ2) is 7.10. The number of hydrogen-bond acceptors (Lipinski definition) is 3.